The number of aryl methyl sites for hydroxylation is 2. The first-order chi connectivity index (χ1) is 10.5. The SMILES string of the molecule is CCOC(=O)C(c1cccc(C)c1C)c1cccc(C)c1C. The molecule has 0 atom stereocenters. The summed E-state index contributed by atoms with van der Waals surface area (Å²) in [6.07, 6.45) is 0. The Balaban J connectivity index is 2.64. The highest BCUT2D eigenvalue weighted by molar-refractivity contribution is 5.83. The van der Waals surface area contributed by atoms with E-state index in [9.17, 15) is 4.79 Å². The topological polar surface area (TPSA) is 26.3 Å². The summed E-state index contributed by atoms with van der Waals surface area (Å²) in [5.74, 6) is -0.537. The molecule has 0 saturated carbocycles. The van der Waals surface area contributed by atoms with Crippen LogP contribution in [0, 0.1) is 27.7 Å². The smallest absolute Gasteiger partial charge is 0.317 e. The number of benzene rings is 2. The Hall–Kier alpha value is -2.09. The zero-order chi connectivity index (χ0) is 16.3. The van der Waals surface area contributed by atoms with Crippen LogP contribution in [0.5, 0.6) is 0 Å². The molecular weight excluding hydrogens is 272 g/mol. The molecule has 0 bridgehead atoms. The molecule has 0 fully saturated rings. The van der Waals surface area contributed by atoms with E-state index in [4.69, 9.17) is 4.74 Å². The van der Waals surface area contributed by atoms with Crippen LogP contribution >= 0.6 is 0 Å². The highest BCUT2D eigenvalue weighted by Crippen LogP contribution is 2.32. The summed E-state index contributed by atoms with van der Waals surface area (Å²) < 4.78 is 5.36. The molecule has 0 aliphatic rings. The van der Waals surface area contributed by atoms with E-state index in [0.29, 0.717) is 6.61 Å². The van der Waals surface area contributed by atoms with Crippen LogP contribution < -0.4 is 0 Å². The first-order valence-electron chi connectivity index (χ1n) is 7.76. The van der Waals surface area contributed by atoms with Gasteiger partial charge in [0.05, 0.1) is 6.61 Å². The molecule has 0 unspecified atom stereocenters. The van der Waals surface area contributed by atoms with Crippen LogP contribution in [0.4, 0.5) is 0 Å². The van der Waals surface area contributed by atoms with Crippen molar-refractivity contribution in [2.75, 3.05) is 6.61 Å². The van der Waals surface area contributed by atoms with Gasteiger partial charge in [-0.3, -0.25) is 4.79 Å². The van der Waals surface area contributed by atoms with Gasteiger partial charge in [-0.05, 0) is 68.0 Å². The molecule has 22 heavy (non-hydrogen) atoms. The Bertz CT molecular complexity index is 635. The van der Waals surface area contributed by atoms with Crippen LogP contribution in [-0.2, 0) is 9.53 Å². The fourth-order valence-corrected chi connectivity index (χ4v) is 2.82. The second kappa shape index (κ2) is 6.78. The summed E-state index contributed by atoms with van der Waals surface area (Å²) in [7, 11) is 0. The van der Waals surface area contributed by atoms with Crippen LogP contribution in [0.15, 0.2) is 36.4 Å². The van der Waals surface area contributed by atoms with Gasteiger partial charge in [0.25, 0.3) is 0 Å². The highest BCUT2D eigenvalue weighted by atomic mass is 16.5. The Morgan fingerprint density at radius 3 is 1.77 bits per heavy atom. The quantitative estimate of drug-likeness (QED) is 0.770. The van der Waals surface area contributed by atoms with Crippen LogP contribution in [0.25, 0.3) is 0 Å². The largest absolute Gasteiger partial charge is 0.465 e. The van der Waals surface area contributed by atoms with Gasteiger partial charge in [-0.2, -0.15) is 0 Å². The van der Waals surface area contributed by atoms with Gasteiger partial charge in [0.15, 0.2) is 0 Å². The zero-order valence-electron chi connectivity index (χ0n) is 14.1. The molecule has 0 heterocycles. The fraction of sp³-hybridized carbons (Fsp3) is 0.350. The van der Waals surface area contributed by atoms with Gasteiger partial charge in [0.2, 0.25) is 0 Å². The van der Waals surface area contributed by atoms with E-state index < -0.39 is 0 Å². The molecule has 0 aliphatic heterocycles. The van der Waals surface area contributed by atoms with E-state index in [1.807, 2.05) is 31.2 Å². The van der Waals surface area contributed by atoms with E-state index >= 15 is 0 Å². The first-order valence-corrected chi connectivity index (χ1v) is 7.76. The van der Waals surface area contributed by atoms with Crippen molar-refractivity contribution in [2.24, 2.45) is 0 Å². The Kier molecular flexibility index (Phi) is 5.02. The summed E-state index contributed by atoms with van der Waals surface area (Å²) in [6, 6.07) is 12.2. The number of rotatable bonds is 4. The van der Waals surface area contributed by atoms with E-state index in [1.165, 1.54) is 11.1 Å². The van der Waals surface area contributed by atoms with Crippen LogP contribution in [-0.4, -0.2) is 12.6 Å². The molecule has 0 aliphatic carbocycles. The van der Waals surface area contributed by atoms with Gasteiger partial charge >= 0.3 is 5.97 Å². The predicted molar refractivity (Wildman–Crippen MR) is 90.3 cm³/mol. The number of carbonyl (C=O) groups is 1. The van der Waals surface area contributed by atoms with Crippen LogP contribution in [0.2, 0.25) is 0 Å². The molecule has 2 heteroatoms. The monoisotopic (exact) mass is 296 g/mol. The average Bonchev–Trinajstić information content (AvgIpc) is 2.48. The van der Waals surface area contributed by atoms with E-state index in [-0.39, 0.29) is 11.9 Å². The Morgan fingerprint density at radius 1 is 0.909 bits per heavy atom. The third-order valence-electron chi connectivity index (χ3n) is 4.44. The minimum Gasteiger partial charge on any atom is -0.465 e. The maximum absolute atomic E-state index is 12.6. The molecule has 0 N–H and O–H groups in total. The van der Waals surface area contributed by atoms with Crippen LogP contribution in [0.1, 0.15) is 46.2 Å². The summed E-state index contributed by atoms with van der Waals surface area (Å²) in [5, 5.41) is 0. The number of hydrogen-bond donors (Lipinski definition) is 0. The molecule has 116 valence electrons. The molecule has 0 aromatic heterocycles. The standard InChI is InChI=1S/C20H24O2/c1-6-22-20(21)19(17-11-7-9-13(2)15(17)4)18-12-8-10-14(3)16(18)5/h7-12,19H,6H2,1-5H3. The lowest BCUT2D eigenvalue weighted by molar-refractivity contribution is -0.143. The van der Waals surface area contributed by atoms with E-state index in [1.54, 1.807) is 0 Å². The molecule has 2 nitrogen and oxygen atoms in total. The van der Waals surface area contributed by atoms with Crippen molar-refractivity contribution < 1.29 is 9.53 Å². The lowest BCUT2D eigenvalue weighted by Gasteiger charge is -2.22. The van der Waals surface area contributed by atoms with E-state index in [0.717, 1.165) is 22.3 Å². The van der Waals surface area contributed by atoms with Gasteiger partial charge in [-0.1, -0.05) is 36.4 Å². The molecular formula is C20H24O2. The Labute approximate surface area is 133 Å². The average molecular weight is 296 g/mol. The Morgan fingerprint density at radius 2 is 1.36 bits per heavy atom. The molecule has 0 saturated heterocycles. The second-order valence-corrected chi connectivity index (χ2v) is 5.76. The minimum absolute atomic E-state index is 0.176. The molecule has 0 amide bonds. The second-order valence-electron chi connectivity index (χ2n) is 5.76. The first kappa shape index (κ1) is 16.3. The summed E-state index contributed by atoms with van der Waals surface area (Å²) >= 11 is 0. The van der Waals surface area contributed by atoms with Gasteiger partial charge in [0, 0.05) is 0 Å². The highest BCUT2D eigenvalue weighted by Gasteiger charge is 2.27. The minimum atomic E-state index is -0.361. The molecule has 0 spiro atoms. The third kappa shape index (κ3) is 3.06. The fourth-order valence-electron chi connectivity index (χ4n) is 2.82. The van der Waals surface area contributed by atoms with Crippen molar-refractivity contribution >= 4 is 5.97 Å². The van der Waals surface area contributed by atoms with Crippen molar-refractivity contribution in [1.82, 2.24) is 0 Å². The van der Waals surface area contributed by atoms with Crippen molar-refractivity contribution in [1.29, 1.82) is 0 Å². The number of esters is 1. The van der Waals surface area contributed by atoms with E-state index in [2.05, 4.69) is 39.8 Å². The molecule has 2 aromatic carbocycles. The maximum atomic E-state index is 12.6. The lowest BCUT2D eigenvalue weighted by Crippen LogP contribution is -2.19. The van der Waals surface area contributed by atoms with Gasteiger partial charge in [-0.15, -0.1) is 0 Å². The molecule has 2 rings (SSSR count). The summed E-state index contributed by atoms with van der Waals surface area (Å²) in [5.41, 5.74) is 6.76. The van der Waals surface area contributed by atoms with Gasteiger partial charge < -0.3 is 4.74 Å². The molecule has 0 radical (unpaired) electrons. The van der Waals surface area contributed by atoms with Crippen molar-refractivity contribution in [3.8, 4) is 0 Å². The predicted octanol–water partition coefficient (Wildman–Crippen LogP) is 4.62. The van der Waals surface area contributed by atoms with Crippen molar-refractivity contribution in [2.45, 2.75) is 40.5 Å². The van der Waals surface area contributed by atoms with Crippen molar-refractivity contribution in [3.05, 3.63) is 69.8 Å². The number of carbonyl (C=O) groups excluding carboxylic acids is 1. The molecule has 2 aromatic rings. The van der Waals surface area contributed by atoms with Crippen LogP contribution in [0.3, 0.4) is 0 Å². The summed E-state index contributed by atoms with van der Waals surface area (Å²) in [4.78, 5) is 12.6. The third-order valence-corrected chi connectivity index (χ3v) is 4.44. The number of hydrogen-bond acceptors (Lipinski definition) is 2. The zero-order valence-corrected chi connectivity index (χ0v) is 14.1. The van der Waals surface area contributed by atoms with Gasteiger partial charge in [-0.25, -0.2) is 0 Å². The van der Waals surface area contributed by atoms with Crippen molar-refractivity contribution in [3.63, 3.8) is 0 Å². The summed E-state index contributed by atoms with van der Waals surface area (Å²) in [6.45, 7) is 10.5. The lowest BCUT2D eigenvalue weighted by atomic mass is 9.84. The number of ether oxygens (including phenoxy) is 1. The van der Waals surface area contributed by atoms with Gasteiger partial charge in [0.1, 0.15) is 5.92 Å². The normalized spacial score (nSPS) is 10.8. The maximum Gasteiger partial charge on any atom is 0.317 e.